The van der Waals surface area contributed by atoms with Crippen molar-refractivity contribution in [3.8, 4) is 0 Å². The van der Waals surface area contributed by atoms with E-state index in [0.717, 1.165) is 15.4 Å². The summed E-state index contributed by atoms with van der Waals surface area (Å²) in [5.74, 6) is -5.45. The van der Waals surface area contributed by atoms with Crippen LogP contribution in [-0.4, -0.2) is 54.8 Å². The summed E-state index contributed by atoms with van der Waals surface area (Å²) in [6.45, 7) is 1.22. The highest BCUT2D eigenvalue weighted by atomic mass is 19.4. The van der Waals surface area contributed by atoms with Crippen LogP contribution >= 0.6 is 0 Å². The molecule has 1 aliphatic rings. The van der Waals surface area contributed by atoms with Crippen LogP contribution in [0, 0.1) is 12.7 Å². The maximum absolute atomic E-state index is 13.5. The number of rotatable bonds is 5. The van der Waals surface area contributed by atoms with Gasteiger partial charge >= 0.3 is 17.8 Å². The topological polar surface area (TPSA) is 89.1 Å². The first kappa shape index (κ1) is 24.4. The van der Waals surface area contributed by atoms with Crippen LogP contribution in [0.25, 0.3) is 5.57 Å². The summed E-state index contributed by atoms with van der Waals surface area (Å²) < 4.78 is 79.5. The van der Waals surface area contributed by atoms with E-state index in [-0.39, 0.29) is 24.9 Å². The fourth-order valence-corrected chi connectivity index (χ4v) is 3.56. The van der Waals surface area contributed by atoms with Gasteiger partial charge in [-0.3, -0.25) is 9.25 Å². The molecule has 1 aromatic carbocycles. The average molecular weight is 500 g/mol. The number of nitrogens with zero attached hydrogens (tertiary/aromatic N) is 6. The van der Waals surface area contributed by atoms with E-state index in [2.05, 4.69) is 15.1 Å². The summed E-state index contributed by atoms with van der Waals surface area (Å²) in [6.07, 6.45) is -4.21. The molecule has 1 atom stereocenters. The van der Waals surface area contributed by atoms with Gasteiger partial charge in [-0.05, 0) is 36.3 Å². The molecule has 1 N–H and O–H groups in total. The standard InChI is InChI=1S/C21H18F6N6O2/c1-12-28-18(31-8-6-15(16(34)10-31)13-2-4-14(22)5-3-13)29-19(35)33(12)11-32-9-7-17(30-32)20(23,24)21(25,26)27/h2-7,9,16,34H,8,10-11H2,1H3/t16-/m0/s1. The lowest BCUT2D eigenvalue weighted by molar-refractivity contribution is -0.291. The Hall–Kier alpha value is -3.68. The van der Waals surface area contributed by atoms with Gasteiger partial charge in [0.2, 0.25) is 5.95 Å². The average Bonchev–Trinajstić information content (AvgIpc) is 3.25. The number of halogens is 6. The fraction of sp³-hybridized carbons (Fsp3) is 0.333. The molecule has 0 saturated carbocycles. The van der Waals surface area contributed by atoms with E-state index in [1.807, 2.05) is 0 Å². The van der Waals surface area contributed by atoms with E-state index in [1.165, 1.54) is 36.1 Å². The molecule has 0 amide bonds. The van der Waals surface area contributed by atoms with E-state index in [0.29, 0.717) is 17.2 Å². The minimum atomic E-state index is -5.81. The molecule has 0 unspecified atom stereocenters. The molecule has 35 heavy (non-hydrogen) atoms. The lowest BCUT2D eigenvalue weighted by Crippen LogP contribution is -2.41. The van der Waals surface area contributed by atoms with E-state index < -0.39 is 42.1 Å². The lowest BCUT2D eigenvalue weighted by Gasteiger charge is -2.30. The van der Waals surface area contributed by atoms with Crippen molar-refractivity contribution < 1.29 is 31.4 Å². The molecule has 8 nitrogen and oxygen atoms in total. The molecular weight excluding hydrogens is 482 g/mol. The quantitative estimate of drug-likeness (QED) is 0.542. The second kappa shape index (κ2) is 8.83. The highest BCUT2D eigenvalue weighted by molar-refractivity contribution is 5.71. The summed E-state index contributed by atoms with van der Waals surface area (Å²) in [5.41, 5.74) is -1.12. The van der Waals surface area contributed by atoms with Crippen LogP contribution in [0.2, 0.25) is 0 Å². The first-order valence-electron chi connectivity index (χ1n) is 10.2. The SMILES string of the molecule is Cc1nc(N2CC=C(c3ccc(F)cc3)[C@@H](O)C2)nc(=O)n1Cn1ccc(C(F)(F)C(F)(F)F)n1. The Balaban J connectivity index is 1.53. The zero-order chi connectivity index (χ0) is 25.5. The van der Waals surface area contributed by atoms with Gasteiger partial charge < -0.3 is 10.0 Å². The van der Waals surface area contributed by atoms with Crippen molar-refractivity contribution in [3.05, 3.63) is 76.0 Å². The number of β-amino-alcohol motifs (C(OH)–C–C–N with tert-alkyl or cyclic N) is 1. The molecule has 0 aliphatic carbocycles. The largest absolute Gasteiger partial charge is 0.459 e. The molecule has 186 valence electrons. The molecule has 0 bridgehead atoms. The molecule has 3 heterocycles. The summed E-state index contributed by atoms with van der Waals surface area (Å²) in [4.78, 5) is 22.2. The molecular formula is C21H18F6N6O2. The molecule has 2 aromatic heterocycles. The number of benzene rings is 1. The molecule has 0 radical (unpaired) electrons. The number of aliphatic hydroxyl groups excluding tert-OH is 1. The maximum Gasteiger partial charge on any atom is 0.459 e. The first-order valence-corrected chi connectivity index (χ1v) is 10.2. The smallest absolute Gasteiger partial charge is 0.387 e. The highest BCUT2D eigenvalue weighted by Crippen LogP contribution is 2.42. The molecule has 3 aromatic rings. The molecule has 4 rings (SSSR count). The van der Waals surface area contributed by atoms with Gasteiger partial charge in [-0.1, -0.05) is 18.2 Å². The minimum absolute atomic E-state index is 0.00182. The van der Waals surface area contributed by atoms with Crippen molar-refractivity contribution in [2.45, 2.75) is 31.8 Å². The maximum atomic E-state index is 13.5. The van der Waals surface area contributed by atoms with E-state index in [1.54, 1.807) is 6.08 Å². The summed E-state index contributed by atoms with van der Waals surface area (Å²) in [7, 11) is 0. The normalized spacial score (nSPS) is 17.0. The van der Waals surface area contributed by atoms with Crippen LogP contribution in [0.4, 0.5) is 32.3 Å². The number of aromatic nitrogens is 5. The van der Waals surface area contributed by atoms with Gasteiger partial charge in [0, 0.05) is 12.7 Å². The van der Waals surface area contributed by atoms with Gasteiger partial charge in [-0.15, -0.1) is 0 Å². The summed E-state index contributed by atoms with van der Waals surface area (Å²) >= 11 is 0. The van der Waals surface area contributed by atoms with Gasteiger partial charge in [0.25, 0.3) is 0 Å². The number of alkyl halides is 5. The number of hydrogen-bond donors (Lipinski definition) is 1. The first-order chi connectivity index (χ1) is 16.4. The Kier molecular flexibility index (Phi) is 6.17. The molecule has 0 saturated heterocycles. The Labute approximate surface area is 193 Å². The van der Waals surface area contributed by atoms with Crippen LogP contribution in [0.5, 0.6) is 0 Å². The number of aryl methyl sites for hydroxylation is 1. The van der Waals surface area contributed by atoms with E-state index >= 15 is 0 Å². The van der Waals surface area contributed by atoms with Crippen LogP contribution in [0.3, 0.4) is 0 Å². The molecule has 1 aliphatic heterocycles. The predicted molar refractivity (Wildman–Crippen MR) is 111 cm³/mol. The minimum Gasteiger partial charge on any atom is -0.387 e. The predicted octanol–water partition coefficient (Wildman–Crippen LogP) is 2.71. The zero-order valence-corrected chi connectivity index (χ0v) is 18.0. The third-order valence-electron chi connectivity index (χ3n) is 5.43. The number of anilines is 1. The van der Waals surface area contributed by atoms with Gasteiger partial charge in [-0.25, -0.2) is 9.18 Å². The van der Waals surface area contributed by atoms with Crippen LogP contribution in [0.15, 0.2) is 47.4 Å². The van der Waals surface area contributed by atoms with Gasteiger partial charge in [0.15, 0.2) is 0 Å². The number of hydrogen-bond acceptors (Lipinski definition) is 6. The second-order valence-corrected chi connectivity index (χ2v) is 7.82. The Morgan fingerprint density at radius 3 is 2.37 bits per heavy atom. The van der Waals surface area contributed by atoms with Gasteiger partial charge in [0.05, 0.1) is 12.6 Å². The van der Waals surface area contributed by atoms with Crippen LogP contribution < -0.4 is 10.6 Å². The molecule has 0 fully saturated rings. The Bertz CT molecular complexity index is 1320. The van der Waals surface area contributed by atoms with Gasteiger partial charge in [-0.2, -0.15) is 37.0 Å². The van der Waals surface area contributed by atoms with Crippen molar-refractivity contribution >= 4 is 11.5 Å². The third kappa shape index (κ3) is 4.78. The van der Waals surface area contributed by atoms with Crippen LogP contribution in [0.1, 0.15) is 17.1 Å². The fourth-order valence-electron chi connectivity index (χ4n) is 3.56. The second-order valence-electron chi connectivity index (χ2n) is 7.82. The summed E-state index contributed by atoms with van der Waals surface area (Å²) in [5, 5.41) is 13.8. The van der Waals surface area contributed by atoms with Gasteiger partial charge in [0.1, 0.15) is 24.0 Å². The number of aliphatic hydroxyl groups is 1. The zero-order valence-electron chi connectivity index (χ0n) is 18.0. The van der Waals surface area contributed by atoms with Crippen molar-refractivity contribution in [2.75, 3.05) is 18.0 Å². The van der Waals surface area contributed by atoms with E-state index in [9.17, 15) is 36.2 Å². The van der Waals surface area contributed by atoms with Crippen molar-refractivity contribution in [1.29, 1.82) is 0 Å². The van der Waals surface area contributed by atoms with Crippen LogP contribution in [-0.2, 0) is 12.6 Å². The summed E-state index contributed by atoms with van der Waals surface area (Å²) in [6, 6.07) is 6.13. The Morgan fingerprint density at radius 2 is 1.77 bits per heavy atom. The van der Waals surface area contributed by atoms with Crippen molar-refractivity contribution in [2.24, 2.45) is 0 Å². The molecule has 14 heteroatoms. The van der Waals surface area contributed by atoms with E-state index in [4.69, 9.17) is 0 Å². The van der Waals surface area contributed by atoms with Crippen molar-refractivity contribution in [3.63, 3.8) is 0 Å². The third-order valence-corrected chi connectivity index (χ3v) is 5.43. The van der Waals surface area contributed by atoms with Crippen molar-refractivity contribution in [1.82, 2.24) is 24.3 Å². The monoisotopic (exact) mass is 500 g/mol. The Morgan fingerprint density at radius 1 is 1.09 bits per heavy atom. The lowest BCUT2D eigenvalue weighted by atomic mass is 9.97. The molecule has 0 spiro atoms. The highest BCUT2D eigenvalue weighted by Gasteiger charge is 2.60.